The number of carbonyl (C=O) groups is 2. The molecule has 1 rings (SSSR count). The molecular weight excluding hydrogens is 330 g/mol. The van der Waals surface area contributed by atoms with E-state index < -0.39 is 12.0 Å². The van der Waals surface area contributed by atoms with Crippen LogP contribution in [-0.4, -0.2) is 40.3 Å². The van der Waals surface area contributed by atoms with Crippen LogP contribution in [-0.2, 0) is 16.0 Å². The molecule has 4 nitrogen and oxygen atoms in total. The van der Waals surface area contributed by atoms with E-state index in [0.29, 0.717) is 18.6 Å². The minimum absolute atomic E-state index is 0.239. The molecule has 0 aliphatic heterocycles. The monoisotopic (exact) mass is 355 g/mol. The van der Waals surface area contributed by atoms with Gasteiger partial charge in [0.05, 0.1) is 5.92 Å². The van der Waals surface area contributed by atoms with E-state index >= 15 is 0 Å². The molecule has 128 valence electrons. The summed E-state index contributed by atoms with van der Waals surface area (Å²) in [6, 6.07) is 7.06. The Balaban J connectivity index is 2.67. The number of aryl methyl sites for hydroxylation is 1. The van der Waals surface area contributed by atoms with Crippen molar-refractivity contribution < 1.29 is 14.7 Å². The van der Waals surface area contributed by atoms with Crippen molar-refractivity contribution in [3.05, 3.63) is 35.4 Å². The van der Waals surface area contributed by atoms with Gasteiger partial charge in [0.25, 0.3) is 0 Å². The molecule has 0 radical (unpaired) electrons. The van der Waals surface area contributed by atoms with Crippen LogP contribution >= 0.6 is 24.4 Å². The fraction of sp³-hybridized carbons (Fsp3) is 0.529. The van der Waals surface area contributed by atoms with Crippen LogP contribution in [0.2, 0.25) is 0 Å². The second-order valence-electron chi connectivity index (χ2n) is 5.40. The standard InChI is InChI=1S/C17H25NO3S2/c1-3-23-9-8-15(17(20)21)18-16(19)14(11-22)10-13-7-5-4-6-12(13)2/h4-7,14-15,22H,3,8-11H2,1-2H3,(H,18,19)(H,20,21)/t14-,15?/m1/s1. The predicted molar refractivity (Wildman–Crippen MR) is 99.4 cm³/mol. The quantitative estimate of drug-likeness (QED) is 0.446. The van der Waals surface area contributed by atoms with Gasteiger partial charge in [0.1, 0.15) is 6.04 Å². The van der Waals surface area contributed by atoms with E-state index in [2.05, 4.69) is 17.9 Å². The molecular formula is C17H25NO3S2. The zero-order valence-electron chi connectivity index (χ0n) is 13.6. The molecule has 1 aromatic carbocycles. The summed E-state index contributed by atoms with van der Waals surface area (Å²) in [6.45, 7) is 4.03. The van der Waals surface area contributed by atoms with Crippen molar-refractivity contribution in [2.24, 2.45) is 5.92 Å². The molecule has 6 heteroatoms. The summed E-state index contributed by atoms with van der Waals surface area (Å²) in [5, 5.41) is 11.9. The first-order chi connectivity index (χ1) is 11.0. The first-order valence-corrected chi connectivity index (χ1v) is 9.54. The van der Waals surface area contributed by atoms with Gasteiger partial charge < -0.3 is 10.4 Å². The smallest absolute Gasteiger partial charge is 0.326 e. The lowest BCUT2D eigenvalue weighted by atomic mass is 9.96. The number of rotatable bonds is 10. The van der Waals surface area contributed by atoms with E-state index in [9.17, 15) is 14.7 Å². The van der Waals surface area contributed by atoms with Gasteiger partial charge in [-0.1, -0.05) is 31.2 Å². The SMILES string of the molecule is CCSCCC(NC(=O)[C@@H](CS)Cc1ccccc1C)C(=O)O. The number of amides is 1. The molecule has 0 saturated heterocycles. The fourth-order valence-corrected chi connectivity index (χ4v) is 3.22. The molecule has 0 saturated carbocycles. The van der Waals surface area contributed by atoms with Crippen molar-refractivity contribution >= 4 is 36.3 Å². The highest BCUT2D eigenvalue weighted by atomic mass is 32.2. The average Bonchev–Trinajstić information content (AvgIpc) is 2.53. The fourth-order valence-electron chi connectivity index (χ4n) is 2.24. The Labute approximate surface area is 147 Å². The minimum atomic E-state index is -0.983. The zero-order valence-corrected chi connectivity index (χ0v) is 15.3. The molecule has 0 spiro atoms. The third-order valence-electron chi connectivity index (χ3n) is 3.69. The molecule has 0 aromatic heterocycles. The zero-order chi connectivity index (χ0) is 17.2. The van der Waals surface area contributed by atoms with Gasteiger partial charge in [-0.3, -0.25) is 4.79 Å². The molecule has 1 aromatic rings. The van der Waals surface area contributed by atoms with Crippen LogP contribution in [0.4, 0.5) is 0 Å². The van der Waals surface area contributed by atoms with Crippen LogP contribution in [0, 0.1) is 12.8 Å². The molecule has 0 aliphatic rings. The second-order valence-corrected chi connectivity index (χ2v) is 7.15. The minimum Gasteiger partial charge on any atom is -0.480 e. The molecule has 23 heavy (non-hydrogen) atoms. The van der Waals surface area contributed by atoms with Crippen LogP contribution in [0.3, 0.4) is 0 Å². The van der Waals surface area contributed by atoms with Gasteiger partial charge in [-0.2, -0.15) is 24.4 Å². The average molecular weight is 356 g/mol. The van der Waals surface area contributed by atoms with Crippen molar-refractivity contribution in [1.29, 1.82) is 0 Å². The molecule has 0 aliphatic carbocycles. The Morgan fingerprint density at radius 1 is 1.35 bits per heavy atom. The first kappa shape index (κ1) is 19.9. The van der Waals surface area contributed by atoms with Crippen LogP contribution in [0.15, 0.2) is 24.3 Å². The summed E-state index contributed by atoms with van der Waals surface area (Å²) in [4.78, 5) is 23.7. The highest BCUT2D eigenvalue weighted by Crippen LogP contribution is 2.15. The maximum absolute atomic E-state index is 12.4. The van der Waals surface area contributed by atoms with Crippen molar-refractivity contribution in [1.82, 2.24) is 5.32 Å². The number of carboxylic acids is 1. The molecule has 2 atom stereocenters. The number of aliphatic carboxylic acids is 1. The van der Waals surface area contributed by atoms with Crippen LogP contribution in [0.1, 0.15) is 24.5 Å². The van der Waals surface area contributed by atoms with Gasteiger partial charge in [-0.25, -0.2) is 4.79 Å². The summed E-state index contributed by atoms with van der Waals surface area (Å²) < 4.78 is 0. The lowest BCUT2D eigenvalue weighted by Crippen LogP contribution is -2.45. The highest BCUT2D eigenvalue weighted by Gasteiger charge is 2.24. The van der Waals surface area contributed by atoms with Gasteiger partial charge >= 0.3 is 5.97 Å². The molecule has 0 bridgehead atoms. The Kier molecular flexibility index (Phi) is 9.17. The largest absolute Gasteiger partial charge is 0.480 e. The number of thioether (sulfide) groups is 1. The summed E-state index contributed by atoms with van der Waals surface area (Å²) in [7, 11) is 0. The summed E-state index contributed by atoms with van der Waals surface area (Å²) >= 11 is 5.94. The lowest BCUT2D eigenvalue weighted by Gasteiger charge is -2.20. The van der Waals surface area contributed by atoms with Crippen molar-refractivity contribution in [3.63, 3.8) is 0 Å². The first-order valence-electron chi connectivity index (χ1n) is 7.75. The Hall–Kier alpha value is -1.14. The van der Waals surface area contributed by atoms with Crippen molar-refractivity contribution in [2.75, 3.05) is 17.3 Å². The number of nitrogens with one attached hydrogen (secondary N) is 1. The second kappa shape index (κ2) is 10.6. The summed E-state index contributed by atoms with van der Waals surface area (Å²) in [5.41, 5.74) is 2.22. The number of thiol groups is 1. The van der Waals surface area contributed by atoms with E-state index in [1.165, 1.54) is 0 Å². The molecule has 2 N–H and O–H groups in total. The molecule has 1 amide bonds. The van der Waals surface area contributed by atoms with Crippen LogP contribution < -0.4 is 5.32 Å². The Morgan fingerprint density at radius 3 is 2.61 bits per heavy atom. The number of hydrogen-bond donors (Lipinski definition) is 3. The Morgan fingerprint density at radius 2 is 2.04 bits per heavy atom. The lowest BCUT2D eigenvalue weighted by molar-refractivity contribution is -0.142. The van der Waals surface area contributed by atoms with Crippen LogP contribution in [0.25, 0.3) is 0 Å². The van der Waals surface area contributed by atoms with Gasteiger partial charge in [0, 0.05) is 5.75 Å². The van der Waals surface area contributed by atoms with Crippen molar-refractivity contribution in [3.8, 4) is 0 Å². The van der Waals surface area contributed by atoms with E-state index in [0.717, 1.165) is 22.6 Å². The summed E-state index contributed by atoms with van der Waals surface area (Å²) in [6.07, 6.45) is 1.00. The number of hydrogen-bond acceptors (Lipinski definition) is 4. The van der Waals surface area contributed by atoms with Gasteiger partial charge in [-0.05, 0) is 42.4 Å². The van der Waals surface area contributed by atoms with E-state index in [1.807, 2.05) is 38.1 Å². The third kappa shape index (κ3) is 6.87. The normalized spacial score (nSPS) is 13.3. The molecule has 1 unspecified atom stereocenters. The summed E-state index contributed by atoms with van der Waals surface area (Å²) in [5.74, 6) is 0.487. The van der Waals surface area contributed by atoms with E-state index in [1.54, 1.807) is 11.8 Å². The maximum Gasteiger partial charge on any atom is 0.326 e. The number of carboxylic acid groups (broad SMARTS) is 1. The third-order valence-corrected chi connectivity index (χ3v) is 5.06. The number of carbonyl (C=O) groups excluding carboxylic acids is 1. The Bertz CT molecular complexity index is 522. The maximum atomic E-state index is 12.4. The van der Waals surface area contributed by atoms with Crippen LogP contribution in [0.5, 0.6) is 0 Å². The predicted octanol–water partition coefficient (Wildman–Crippen LogP) is 2.80. The van der Waals surface area contributed by atoms with E-state index in [-0.39, 0.29) is 11.8 Å². The highest BCUT2D eigenvalue weighted by molar-refractivity contribution is 7.99. The van der Waals surface area contributed by atoms with Gasteiger partial charge in [0.15, 0.2) is 0 Å². The molecule has 0 fully saturated rings. The topological polar surface area (TPSA) is 66.4 Å². The van der Waals surface area contributed by atoms with Crippen molar-refractivity contribution in [2.45, 2.75) is 32.7 Å². The van der Waals surface area contributed by atoms with E-state index in [4.69, 9.17) is 0 Å². The number of benzene rings is 1. The van der Waals surface area contributed by atoms with Gasteiger partial charge in [0.2, 0.25) is 5.91 Å². The van der Waals surface area contributed by atoms with Gasteiger partial charge in [-0.15, -0.1) is 0 Å². The molecule has 0 heterocycles.